The summed E-state index contributed by atoms with van der Waals surface area (Å²) in [5.41, 5.74) is 1.56. The summed E-state index contributed by atoms with van der Waals surface area (Å²) in [5, 5.41) is 6.77. The number of benzene rings is 1. The summed E-state index contributed by atoms with van der Waals surface area (Å²) in [4.78, 5) is 26.4. The zero-order chi connectivity index (χ0) is 30.9. The molecule has 6 heterocycles. The van der Waals surface area contributed by atoms with E-state index in [0.29, 0.717) is 38.9 Å². The lowest BCUT2D eigenvalue weighted by molar-refractivity contribution is -0.137. The molecule has 2 N–H and O–H groups in total. The number of thiophene rings is 1. The fourth-order valence-electron chi connectivity index (χ4n) is 6.35. The van der Waals surface area contributed by atoms with E-state index in [4.69, 9.17) is 9.47 Å². The van der Waals surface area contributed by atoms with Gasteiger partial charge in [0, 0.05) is 49.5 Å². The van der Waals surface area contributed by atoms with Crippen LogP contribution in [0.4, 0.5) is 30.5 Å². The first-order valence-corrected chi connectivity index (χ1v) is 17.2. The monoisotopic (exact) mass is 660 g/mol. The highest BCUT2D eigenvalue weighted by Gasteiger charge is 2.43. The number of anilines is 3. The average Bonchev–Trinajstić information content (AvgIpc) is 3.75. The molecular weight excluding hydrogens is 629 g/mol. The Labute approximate surface area is 263 Å². The summed E-state index contributed by atoms with van der Waals surface area (Å²) in [6.07, 6.45) is -1.89. The number of piperazine rings is 1. The molecule has 1 amide bonds. The molecule has 0 radical (unpaired) electrons. The fourth-order valence-corrected chi connectivity index (χ4v) is 8.97. The number of nitrogens with zero attached hydrogens (tertiary/aromatic N) is 4. The number of fused-ring (bicyclic) bond motifs is 1. The minimum atomic E-state index is -4.74. The number of hydrogen-bond acceptors (Lipinski definition) is 10. The van der Waals surface area contributed by atoms with Gasteiger partial charge in [-0.3, -0.25) is 9.00 Å². The predicted octanol–water partition coefficient (Wildman–Crippen LogP) is 3.99. The van der Waals surface area contributed by atoms with Crippen LogP contribution in [0.5, 0.6) is 0 Å². The maximum Gasteiger partial charge on any atom is 0.420 e. The molecule has 1 spiro atoms. The Hall–Kier alpha value is -3.11. The fraction of sp³-hybridized carbons (Fsp3) is 0.500. The Bertz CT molecular complexity index is 1690. The molecule has 1 aromatic carbocycles. The second kappa shape index (κ2) is 11.0. The first kappa shape index (κ1) is 29.3. The van der Waals surface area contributed by atoms with Crippen molar-refractivity contribution in [1.29, 1.82) is 0 Å². The lowest BCUT2D eigenvalue weighted by Gasteiger charge is -2.49. The van der Waals surface area contributed by atoms with Crippen molar-refractivity contribution in [2.24, 2.45) is 0 Å². The molecule has 45 heavy (non-hydrogen) atoms. The van der Waals surface area contributed by atoms with Gasteiger partial charge in [-0.1, -0.05) is 0 Å². The van der Waals surface area contributed by atoms with Crippen molar-refractivity contribution in [2.75, 3.05) is 68.6 Å². The number of rotatable bonds is 6. The summed E-state index contributed by atoms with van der Waals surface area (Å²) in [5.74, 6) is 0.236. The molecule has 0 bridgehead atoms. The van der Waals surface area contributed by atoms with Crippen LogP contribution in [0.1, 0.15) is 39.6 Å². The molecular formula is C30H31F3N6O4S2. The number of carbonyl (C=O) groups excluding carboxylic acids is 1. The summed E-state index contributed by atoms with van der Waals surface area (Å²) in [6.45, 7) is 5.04. The van der Waals surface area contributed by atoms with Crippen LogP contribution >= 0.6 is 11.3 Å². The van der Waals surface area contributed by atoms with Crippen molar-refractivity contribution in [3.8, 4) is 10.6 Å². The van der Waals surface area contributed by atoms with E-state index < -0.39 is 22.5 Å². The van der Waals surface area contributed by atoms with Crippen LogP contribution < -0.4 is 15.5 Å². The molecule has 5 aliphatic rings. The Morgan fingerprint density at radius 3 is 2.64 bits per heavy atom. The predicted molar refractivity (Wildman–Crippen MR) is 163 cm³/mol. The van der Waals surface area contributed by atoms with E-state index in [2.05, 4.69) is 31.6 Å². The van der Waals surface area contributed by atoms with Crippen molar-refractivity contribution < 1.29 is 31.6 Å². The van der Waals surface area contributed by atoms with Gasteiger partial charge in [-0.15, -0.1) is 11.3 Å². The first-order valence-electron chi connectivity index (χ1n) is 15.0. The second-order valence-electron chi connectivity index (χ2n) is 12.3. The van der Waals surface area contributed by atoms with Gasteiger partial charge in [0.15, 0.2) is 0 Å². The molecule has 10 nitrogen and oxygen atoms in total. The first-order chi connectivity index (χ1) is 21.7. The number of amides is 1. The molecule has 1 atom stereocenters. The minimum absolute atomic E-state index is 0.0132. The number of carbonyl (C=O) groups is 1. The molecule has 2 aromatic heterocycles. The highest BCUT2D eigenvalue weighted by atomic mass is 32.2. The third kappa shape index (κ3) is 5.41. The number of hydrogen-bond donors (Lipinski definition) is 2. The largest absolute Gasteiger partial charge is 0.420 e. The van der Waals surface area contributed by atoms with E-state index in [1.807, 2.05) is 12.1 Å². The van der Waals surface area contributed by atoms with Crippen LogP contribution in [0.15, 0.2) is 35.4 Å². The molecule has 238 valence electrons. The third-order valence-electron chi connectivity index (χ3n) is 9.10. The Morgan fingerprint density at radius 2 is 1.96 bits per heavy atom. The summed E-state index contributed by atoms with van der Waals surface area (Å²) < 4.78 is 66.5. The second-order valence-corrected chi connectivity index (χ2v) is 14.9. The van der Waals surface area contributed by atoms with Gasteiger partial charge in [0.05, 0.1) is 64.3 Å². The van der Waals surface area contributed by atoms with E-state index in [1.54, 1.807) is 4.90 Å². The Balaban J connectivity index is 1.12. The number of alkyl halides is 3. The zero-order valence-electron chi connectivity index (χ0n) is 24.2. The lowest BCUT2D eigenvalue weighted by Crippen LogP contribution is -2.70. The van der Waals surface area contributed by atoms with Crippen LogP contribution in [-0.2, 0) is 26.4 Å². The van der Waals surface area contributed by atoms with Crippen LogP contribution in [0.2, 0.25) is 0 Å². The van der Waals surface area contributed by atoms with Gasteiger partial charge < -0.3 is 29.9 Å². The van der Waals surface area contributed by atoms with Crippen molar-refractivity contribution >= 4 is 45.4 Å². The summed E-state index contributed by atoms with van der Waals surface area (Å²) >= 11 is 0.894. The van der Waals surface area contributed by atoms with Crippen LogP contribution in [-0.4, -0.2) is 94.9 Å². The molecule has 4 aliphatic heterocycles. The van der Waals surface area contributed by atoms with Crippen molar-refractivity contribution in [3.63, 3.8) is 0 Å². The highest BCUT2D eigenvalue weighted by Crippen LogP contribution is 2.46. The standard InChI is InChI=1S/C30H31F3N6O4S2/c31-30(32,33)21-11-34-28(37-25(21)23-10-24-26(44-23)27(40)39(7-8-45(24)41)19-12-42-13-19)36-22-4-3-18(9-20(22)17-1-2-17)38-6-5-35-29(14-38)15-43-16-29/h3-4,9-11,17,19,35H,1-2,5-8,12-16H2,(H,34,36,37). The number of aromatic nitrogens is 2. The lowest BCUT2D eigenvalue weighted by atomic mass is 9.94. The van der Waals surface area contributed by atoms with E-state index in [1.165, 1.54) is 6.07 Å². The van der Waals surface area contributed by atoms with Gasteiger partial charge in [0.2, 0.25) is 5.95 Å². The maximum atomic E-state index is 14.2. The Morgan fingerprint density at radius 1 is 1.13 bits per heavy atom. The smallest absolute Gasteiger partial charge is 0.377 e. The van der Waals surface area contributed by atoms with Gasteiger partial charge in [-0.2, -0.15) is 13.2 Å². The minimum Gasteiger partial charge on any atom is -0.377 e. The average molecular weight is 661 g/mol. The summed E-state index contributed by atoms with van der Waals surface area (Å²) in [7, 11) is -1.54. The van der Waals surface area contributed by atoms with Gasteiger partial charge in [0.25, 0.3) is 5.91 Å². The zero-order valence-corrected chi connectivity index (χ0v) is 25.8. The van der Waals surface area contributed by atoms with Crippen molar-refractivity contribution in [2.45, 2.75) is 41.4 Å². The van der Waals surface area contributed by atoms with Gasteiger partial charge in [-0.25, -0.2) is 9.97 Å². The van der Waals surface area contributed by atoms with E-state index in [9.17, 15) is 22.2 Å². The molecule has 4 fully saturated rings. The molecule has 8 rings (SSSR count). The topological polar surface area (TPSA) is 109 Å². The normalized spacial score (nSPS) is 23.4. The van der Waals surface area contributed by atoms with Crippen molar-refractivity contribution in [1.82, 2.24) is 20.2 Å². The number of nitrogens with one attached hydrogen (secondary N) is 2. The van der Waals surface area contributed by atoms with Gasteiger partial charge in [0.1, 0.15) is 10.4 Å². The molecule has 15 heteroatoms. The number of halogens is 3. The Kier molecular flexibility index (Phi) is 7.17. The van der Waals surface area contributed by atoms with Gasteiger partial charge in [-0.05, 0) is 48.6 Å². The quantitative estimate of drug-likeness (QED) is 0.406. The SMILES string of the molecule is O=C1c2sc(-c3nc(Nc4ccc(N5CCNC6(COC6)C5)cc4C4CC4)ncc3C(F)(F)F)cc2S(=O)CCN1C1COC1. The van der Waals surface area contributed by atoms with Crippen molar-refractivity contribution in [3.05, 3.63) is 46.5 Å². The van der Waals surface area contributed by atoms with E-state index >= 15 is 0 Å². The molecule has 1 aliphatic carbocycles. The van der Waals surface area contributed by atoms with E-state index in [0.717, 1.165) is 66.9 Å². The molecule has 1 saturated carbocycles. The molecule has 3 aromatic rings. The number of ether oxygens (including phenoxy) is 2. The van der Waals surface area contributed by atoms with Crippen LogP contribution in [0, 0.1) is 0 Å². The van der Waals surface area contributed by atoms with E-state index in [-0.39, 0.29) is 49.5 Å². The third-order valence-corrected chi connectivity index (χ3v) is 11.7. The molecule has 3 saturated heterocycles. The highest BCUT2D eigenvalue weighted by molar-refractivity contribution is 7.85. The molecule has 1 unspecified atom stereocenters. The summed E-state index contributed by atoms with van der Waals surface area (Å²) in [6, 6.07) is 7.43. The maximum absolute atomic E-state index is 14.2. The van der Waals surface area contributed by atoms with Crippen LogP contribution in [0.25, 0.3) is 10.6 Å². The van der Waals surface area contributed by atoms with Crippen LogP contribution in [0.3, 0.4) is 0 Å². The van der Waals surface area contributed by atoms with Gasteiger partial charge >= 0.3 is 6.18 Å².